The lowest BCUT2D eigenvalue weighted by Crippen LogP contribution is -2.34. The molecule has 0 saturated heterocycles. The predicted molar refractivity (Wildman–Crippen MR) is 93.8 cm³/mol. The average molecular weight is 463 g/mol. The monoisotopic (exact) mass is 461 g/mol. The zero-order valence-electron chi connectivity index (χ0n) is 12.0. The molecule has 5 nitrogen and oxygen atoms in total. The van der Waals surface area contributed by atoms with Gasteiger partial charge < -0.3 is 4.74 Å². The van der Waals surface area contributed by atoms with E-state index in [1.54, 1.807) is 30.3 Å². The number of carbonyl (C=O) groups is 1. The molecule has 0 bridgehead atoms. The molecule has 0 aliphatic heterocycles. The SMILES string of the molecule is Cc1ccc(S(=O)(=O)NC(=O)COc2ccc(Br)cc2Br)cc1. The van der Waals surface area contributed by atoms with Crippen LogP contribution in [0.15, 0.2) is 56.3 Å². The fourth-order valence-corrected chi connectivity index (χ4v) is 3.82. The number of hydrogen-bond donors (Lipinski definition) is 1. The summed E-state index contributed by atoms with van der Waals surface area (Å²) in [5.74, 6) is -0.309. The maximum absolute atomic E-state index is 12.1. The molecule has 0 spiro atoms. The number of amides is 1. The third kappa shape index (κ3) is 5.05. The number of nitrogens with one attached hydrogen (secondary N) is 1. The number of benzene rings is 2. The molecule has 0 aliphatic rings. The quantitative estimate of drug-likeness (QED) is 0.738. The lowest BCUT2D eigenvalue weighted by molar-refractivity contribution is -0.121. The van der Waals surface area contributed by atoms with Crippen LogP contribution in [0.1, 0.15) is 5.56 Å². The van der Waals surface area contributed by atoms with Crippen molar-refractivity contribution in [3.05, 3.63) is 57.0 Å². The van der Waals surface area contributed by atoms with Crippen LogP contribution in [0, 0.1) is 6.92 Å². The first-order valence-corrected chi connectivity index (χ1v) is 9.55. The molecule has 0 atom stereocenters. The van der Waals surface area contributed by atoms with E-state index in [2.05, 4.69) is 31.9 Å². The van der Waals surface area contributed by atoms with Crippen molar-refractivity contribution in [3.63, 3.8) is 0 Å². The van der Waals surface area contributed by atoms with E-state index in [-0.39, 0.29) is 4.90 Å². The largest absolute Gasteiger partial charge is 0.483 e. The van der Waals surface area contributed by atoms with Gasteiger partial charge in [0.15, 0.2) is 6.61 Å². The fourth-order valence-electron chi connectivity index (χ4n) is 1.69. The molecule has 0 saturated carbocycles. The van der Waals surface area contributed by atoms with Crippen molar-refractivity contribution in [2.75, 3.05) is 6.61 Å². The molecule has 2 rings (SSSR count). The number of hydrogen-bond acceptors (Lipinski definition) is 4. The Morgan fingerprint density at radius 2 is 1.78 bits per heavy atom. The van der Waals surface area contributed by atoms with Crippen LogP contribution < -0.4 is 9.46 Å². The van der Waals surface area contributed by atoms with Crippen molar-refractivity contribution >= 4 is 47.8 Å². The van der Waals surface area contributed by atoms with Crippen LogP contribution in [0.4, 0.5) is 0 Å². The number of halogens is 2. The first-order valence-electron chi connectivity index (χ1n) is 6.48. The van der Waals surface area contributed by atoms with Crippen molar-refractivity contribution in [3.8, 4) is 5.75 Å². The van der Waals surface area contributed by atoms with Crippen LogP contribution >= 0.6 is 31.9 Å². The lowest BCUT2D eigenvalue weighted by atomic mass is 10.2. The molecular weight excluding hydrogens is 450 g/mol. The Hall–Kier alpha value is -1.38. The van der Waals surface area contributed by atoms with Crippen LogP contribution in [0.3, 0.4) is 0 Å². The summed E-state index contributed by atoms with van der Waals surface area (Å²) in [7, 11) is -3.90. The summed E-state index contributed by atoms with van der Waals surface area (Å²) in [4.78, 5) is 11.8. The molecule has 0 aromatic heterocycles. The van der Waals surface area contributed by atoms with Gasteiger partial charge in [-0.15, -0.1) is 0 Å². The Morgan fingerprint density at radius 3 is 2.39 bits per heavy atom. The van der Waals surface area contributed by atoms with E-state index in [0.29, 0.717) is 10.2 Å². The van der Waals surface area contributed by atoms with Crippen molar-refractivity contribution in [2.24, 2.45) is 0 Å². The molecular formula is C15H13Br2NO4S. The van der Waals surface area contributed by atoms with Crippen molar-refractivity contribution in [2.45, 2.75) is 11.8 Å². The van der Waals surface area contributed by atoms with Gasteiger partial charge in [0.05, 0.1) is 9.37 Å². The normalized spacial score (nSPS) is 11.1. The Labute approximate surface area is 151 Å². The van der Waals surface area contributed by atoms with Gasteiger partial charge in [0.2, 0.25) is 0 Å². The first kappa shape index (κ1) is 18.0. The Balaban J connectivity index is 2.00. The lowest BCUT2D eigenvalue weighted by Gasteiger charge is -2.10. The van der Waals surface area contributed by atoms with E-state index < -0.39 is 22.5 Å². The number of aryl methyl sites for hydroxylation is 1. The molecule has 0 unspecified atom stereocenters. The summed E-state index contributed by atoms with van der Waals surface area (Å²) in [5.41, 5.74) is 0.929. The Morgan fingerprint density at radius 1 is 1.13 bits per heavy atom. The summed E-state index contributed by atoms with van der Waals surface area (Å²) in [6.45, 7) is 1.43. The van der Waals surface area contributed by atoms with E-state index in [1.807, 2.05) is 11.6 Å². The van der Waals surface area contributed by atoms with E-state index >= 15 is 0 Å². The minimum atomic E-state index is -3.90. The van der Waals surface area contributed by atoms with Crippen molar-refractivity contribution in [1.29, 1.82) is 0 Å². The number of rotatable bonds is 5. The summed E-state index contributed by atoms with van der Waals surface area (Å²) in [6.07, 6.45) is 0. The highest BCUT2D eigenvalue weighted by molar-refractivity contribution is 9.11. The molecule has 0 aliphatic carbocycles. The van der Waals surface area contributed by atoms with Crippen LogP contribution in [0.25, 0.3) is 0 Å². The van der Waals surface area contributed by atoms with Crippen molar-refractivity contribution < 1.29 is 17.9 Å². The molecule has 0 radical (unpaired) electrons. The molecule has 0 heterocycles. The smallest absolute Gasteiger partial charge is 0.271 e. The van der Waals surface area contributed by atoms with Crippen LogP contribution in [-0.4, -0.2) is 20.9 Å². The van der Waals surface area contributed by atoms with Crippen LogP contribution in [0.2, 0.25) is 0 Å². The third-order valence-electron chi connectivity index (χ3n) is 2.83. The molecule has 1 amide bonds. The van der Waals surface area contributed by atoms with E-state index in [0.717, 1.165) is 10.0 Å². The van der Waals surface area contributed by atoms with Gasteiger partial charge >= 0.3 is 0 Å². The van der Waals surface area contributed by atoms with Gasteiger partial charge in [-0.2, -0.15) is 0 Å². The highest BCUT2D eigenvalue weighted by atomic mass is 79.9. The second kappa shape index (κ2) is 7.46. The molecule has 122 valence electrons. The third-order valence-corrected chi connectivity index (χ3v) is 5.33. The van der Waals surface area contributed by atoms with E-state index in [4.69, 9.17) is 4.74 Å². The maximum atomic E-state index is 12.1. The van der Waals surface area contributed by atoms with Gasteiger partial charge in [-0.25, -0.2) is 13.1 Å². The summed E-state index contributed by atoms with van der Waals surface area (Å²) < 4.78 is 32.9. The Bertz CT molecular complexity index is 820. The Kier molecular flexibility index (Phi) is 5.83. The fraction of sp³-hybridized carbons (Fsp3) is 0.133. The van der Waals surface area contributed by atoms with Gasteiger partial charge in [-0.1, -0.05) is 33.6 Å². The number of sulfonamides is 1. The van der Waals surface area contributed by atoms with Crippen LogP contribution in [-0.2, 0) is 14.8 Å². The number of carbonyl (C=O) groups excluding carboxylic acids is 1. The summed E-state index contributed by atoms with van der Waals surface area (Å²) in [6, 6.07) is 11.4. The van der Waals surface area contributed by atoms with Crippen LogP contribution in [0.5, 0.6) is 5.75 Å². The molecule has 8 heteroatoms. The minimum absolute atomic E-state index is 0.0290. The van der Waals surface area contributed by atoms with Gasteiger partial charge in [-0.3, -0.25) is 4.79 Å². The second-order valence-corrected chi connectivity index (χ2v) is 8.16. The van der Waals surface area contributed by atoms with Gasteiger partial charge in [-0.05, 0) is 53.2 Å². The molecule has 2 aromatic rings. The predicted octanol–water partition coefficient (Wildman–Crippen LogP) is 3.40. The average Bonchev–Trinajstić information content (AvgIpc) is 2.46. The standard InChI is InChI=1S/C15H13Br2NO4S/c1-10-2-5-12(6-3-10)23(20,21)18-15(19)9-22-14-7-4-11(16)8-13(14)17/h2-8H,9H2,1H3,(H,18,19). The highest BCUT2D eigenvalue weighted by Crippen LogP contribution is 2.28. The number of ether oxygens (including phenoxy) is 1. The van der Waals surface area contributed by atoms with Gasteiger partial charge in [0.1, 0.15) is 5.75 Å². The zero-order valence-corrected chi connectivity index (χ0v) is 16.0. The maximum Gasteiger partial charge on any atom is 0.271 e. The molecule has 23 heavy (non-hydrogen) atoms. The summed E-state index contributed by atoms with van der Waals surface area (Å²) in [5, 5.41) is 0. The molecule has 1 N–H and O–H groups in total. The minimum Gasteiger partial charge on any atom is -0.483 e. The van der Waals surface area contributed by atoms with Crippen molar-refractivity contribution in [1.82, 2.24) is 4.72 Å². The first-order chi connectivity index (χ1) is 10.8. The molecule has 0 fully saturated rings. The van der Waals surface area contributed by atoms with E-state index in [1.165, 1.54) is 12.1 Å². The highest BCUT2D eigenvalue weighted by Gasteiger charge is 2.18. The second-order valence-electron chi connectivity index (χ2n) is 4.71. The van der Waals surface area contributed by atoms with E-state index in [9.17, 15) is 13.2 Å². The van der Waals surface area contributed by atoms with Gasteiger partial charge in [0.25, 0.3) is 15.9 Å². The summed E-state index contributed by atoms with van der Waals surface area (Å²) >= 11 is 6.60. The molecule has 2 aromatic carbocycles. The van der Waals surface area contributed by atoms with Gasteiger partial charge in [0, 0.05) is 4.47 Å². The zero-order chi connectivity index (χ0) is 17.0. The topological polar surface area (TPSA) is 72.5 Å².